The average molecular weight is 208 g/mol. The molecule has 0 aromatic rings. The fourth-order valence-corrected chi connectivity index (χ4v) is 3.40. The molecule has 5 heteroatoms. The Bertz CT molecular complexity index is 249. The van der Waals surface area contributed by atoms with Crippen LogP contribution in [0.4, 0.5) is 0 Å². The zero-order valence-corrected chi connectivity index (χ0v) is 9.23. The minimum atomic E-state index is -2.68. The first-order valence-electron chi connectivity index (χ1n) is 4.82. The van der Waals surface area contributed by atoms with Gasteiger partial charge in [0.1, 0.15) is 24.9 Å². The molecule has 1 atom stereocenters. The smallest absolute Gasteiger partial charge is 0.156 e. The standard InChI is InChI=1S/C8H18N2O2S/c1-10(2)5-4-9-8-3-6-13(11,12)7-8/h8-9H,3-7H2,1-2H3/p+2/t8-/m0/s1. The zero-order valence-electron chi connectivity index (χ0n) is 8.41. The van der Waals surface area contributed by atoms with Crippen molar-refractivity contribution >= 4 is 9.84 Å². The Balaban J connectivity index is 2.18. The van der Waals surface area contributed by atoms with Gasteiger partial charge < -0.3 is 10.2 Å². The molecule has 0 unspecified atom stereocenters. The average Bonchev–Trinajstić information content (AvgIpc) is 2.29. The summed E-state index contributed by atoms with van der Waals surface area (Å²) in [6, 6.07) is 0.323. The van der Waals surface area contributed by atoms with Crippen LogP contribution in [0, 0.1) is 0 Å². The summed E-state index contributed by atoms with van der Waals surface area (Å²) in [5.74, 6) is 0.777. The molecule has 1 rings (SSSR count). The minimum Gasteiger partial charge on any atom is -0.338 e. The zero-order chi connectivity index (χ0) is 9.90. The number of likely N-dealkylation sites (N-methyl/N-ethyl adjacent to an activating group) is 1. The van der Waals surface area contributed by atoms with Crippen molar-refractivity contribution in [2.75, 3.05) is 38.7 Å². The van der Waals surface area contributed by atoms with Crippen molar-refractivity contribution < 1.29 is 18.6 Å². The van der Waals surface area contributed by atoms with E-state index in [9.17, 15) is 8.42 Å². The van der Waals surface area contributed by atoms with Crippen LogP contribution in [0.15, 0.2) is 0 Å². The Hall–Kier alpha value is -0.130. The van der Waals surface area contributed by atoms with E-state index in [0.717, 1.165) is 19.5 Å². The lowest BCUT2D eigenvalue weighted by molar-refractivity contribution is -0.876. The van der Waals surface area contributed by atoms with Gasteiger partial charge in [-0.25, -0.2) is 8.42 Å². The summed E-state index contributed by atoms with van der Waals surface area (Å²) in [5.41, 5.74) is 0. The van der Waals surface area contributed by atoms with Crippen LogP contribution in [0.5, 0.6) is 0 Å². The van der Waals surface area contributed by atoms with E-state index in [1.807, 2.05) is 0 Å². The molecule has 1 heterocycles. The second kappa shape index (κ2) is 4.39. The van der Waals surface area contributed by atoms with Gasteiger partial charge in [0.2, 0.25) is 0 Å². The fourth-order valence-electron chi connectivity index (χ4n) is 1.62. The van der Waals surface area contributed by atoms with E-state index in [-0.39, 0.29) is 0 Å². The largest absolute Gasteiger partial charge is 0.338 e. The molecule has 1 aliphatic rings. The van der Waals surface area contributed by atoms with E-state index in [1.54, 1.807) is 0 Å². The summed E-state index contributed by atoms with van der Waals surface area (Å²) in [5, 5.41) is 2.18. The molecule has 78 valence electrons. The molecule has 0 saturated carbocycles. The Kier molecular flexibility index (Phi) is 3.70. The third-order valence-corrected chi connectivity index (χ3v) is 4.21. The molecular weight excluding hydrogens is 188 g/mol. The van der Waals surface area contributed by atoms with Crippen molar-refractivity contribution in [2.45, 2.75) is 12.5 Å². The SMILES string of the molecule is C[NH+](C)CC[NH2+][C@H]1CCS(=O)(=O)C1. The van der Waals surface area contributed by atoms with Crippen molar-refractivity contribution in [3.05, 3.63) is 0 Å². The summed E-state index contributed by atoms with van der Waals surface area (Å²) in [4.78, 5) is 1.41. The molecule has 0 aromatic heterocycles. The van der Waals surface area contributed by atoms with Crippen LogP contribution in [-0.4, -0.2) is 53.2 Å². The summed E-state index contributed by atoms with van der Waals surface area (Å²) in [6.07, 6.45) is 0.838. The second-order valence-electron chi connectivity index (χ2n) is 4.14. The number of hydrogen-bond donors (Lipinski definition) is 2. The van der Waals surface area contributed by atoms with Crippen LogP contribution < -0.4 is 10.2 Å². The van der Waals surface area contributed by atoms with E-state index >= 15 is 0 Å². The maximum absolute atomic E-state index is 11.1. The summed E-state index contributed by atoms with van der Waals surface area (Å²) in [6.45, 7) is 2.12. The van der Waals surface area contributed by atoms with Gasteiger partial charge in [-0.15, -0.1) is 0 Å². The van der Waals surface area contributed by atoms with Gasteiger partial charge in [-0.1, -0.05) is 0 Å². The number of rotatable bonds is 4. The molecule has 1 fully saturated rings. The van der Waals surface area contributed by atoms with E-state index in [1.165, 1.54) is 4.90 Å². The molecular formula is C8H20N2O2S+2. The third-order valence-electron chi connectivity index (χ3n) is 2.41. The highest BCUT2D eigenvalue weighted by Crippen LogP contribution is 2.07. The van der Waals surface area contributed by atoms with Gasteiger partial charge in [-0.2, -0.15) is 0 Å². The first kappa shape index (κ1) is 10.9. The molecule has 0 radical (unpaired) electrons. The monoisotopic (exact) mass is 208 g/mol. The molecule has 4 nitrogen and oxygen atoms in total. The summed E-state index contributed by atoms with van der Waals surface area (Å²) in [7, 11) is 1.54. The van der Waals surface area contributed by atoms with Crippen molar-refractivity contribution in [1.29, 1.82) is 0 Å². The number of sulfone groups is 1. The first-order chi connectivity index (χ1) is 5.99. The predicted octanol–water partition coefficient (Wildman–Crippen LogP) is -3.12. The minimum absolute atomic E-state index is 0.323. The maximum Gasteiger partial charge on any atom is 0.156 e. The topological polar surface area (TPSA) is 55.2 Å². The van der Waals surface area contributed by atoms with Crippen LogP contribution in [-0.2, 0) is 9.84 Å². The Morgan fingerprint density at radius 3 is 2.62 bits per heavy atom. The van der Waals surface area contributed by atoms with Crippen LogP contribution >= 0.6 is 0 Å². The van der Waals surface area contributed by atoms with E-state index in [0.29, 0.717) is 17.5 Å². The van der Waals surface area contributed by atoms with Gasteiger partial charge in [-0.05, 0) is 0 Å². The Labute approximate surface area is 80.2 Å². The fraction of sp³-hybridized carbons (Fsp3) is 1.00. The van der Waals surface area contributed by atoms with Gasteiger partial charge in [0, 0.05) is 6.42 Å². The van der Waals surface area contributed by atoms with Crippen molar-refractivity contribution in [3.8, 4) is 0 Å². The highest BCUT2D eigenvalue weighted by atomic mass is 32.2. The van der Waals surface area contributed by atoms with E-state index in [4.69, 9.17) is 0 Å². The molecule has 13 heavy (non-hydrogen) atoms. The maximum atomic E-state index is 11.1. The molecule has 1 saturated heterocycles. The lowest BCUT2D eigenvalue weighted by atomic mass is 10.2. The van der Waals surface area contributed by atoms with Crippen LogP contribution in [0.25, 0.3) is 0 Å². The molecule has 0 bridgehead atoms. The highest BCUT2D eigenvalue weighted by Gasteiger charge is 2.30. The number of nitrogens with one attached hydrogen (secondary N) is 1. The second-order valence-corrected chi connectivity index (χ2v) is 6.37. The molecule has 1 aliphatic heterocycles. The normalized spacial score (nSPS) is 26.8. The van der Waals surface area contributed by atoms with Gasteiger partial charge in [0.25, 0.3) is 0 Å². The molecule has 0 aromatic carbocycles. The lowest BCUT2D eigenvalue weighted by Gasteiger charge is -2.09. The summed E-state index contributed by atoms with van der Waals surface area (Å²) >= 11 is 0. The van der Waals surface area contributed by atoms with Crippen molar-refractivity contribution in [1.82, 2.24) is 0 Å². The van der Waals surface area contributed by atoms with Gasteiger partial charge in [-0.3, -0.25) is 0 Å². The lowest BCUT2D eigenvalue weighted by Crippen LogP contribution is -3.10. The Morgan fingerprint density at radius 2 is 2.15 bits per heavy atom. The molecule has 0 spiro atoms. The van der Waals surface area contributed by atoms with Crippen LogP contribution in [0.3, 0.4) is 0 Å². The third kappa shape index (κ3) is 4.06. The van der Waals surface area contributed by atoms with Gasteiger partial charge in [0.15, 0.2) is 9.84 Å². The Morgan fingerprint density at radius 1 is 1.46 bits per heavy atom. The van der Waals surface area contributed by atoms with Crippen LogP contribution in [0.2, 0.25) is 0 Å². The van der Waals surface area contributed by atoms with Gasteiger partial charge >= 0.3 is 0 Å². The predicted molar refractivity (Wildman–Crippen MR) is 51.5 cm³/mol. The van der Waals surface area contributed by atoms with E-state index < -0.39 is 9.84 Å². The van der Waals surface area contributed by atoms with Crippen LogP contribution in [0.1, 0.15) is 6.42 Å². The molecule has 0 aliphatic carbocycles. The number of nitrogens with two attached hydrogens (primary N) is 1. The highest BCUT2D eigenvalue weighted by molar-refractivity contribution is 7.91. The van der Waals surface area contributed by atoms with Crippen molar-refractivity contribution in [3.63, 3.8) is 0 Å². The summed E-state index contributed by atoms with van der Waals surface area (Å²) < 4.78 is 22.2. The quantitative estimate of drug-likeness (QED) is 0.514. The number of quaternary nitrogens is 2. The van der Waals surface area contributed by atoms with Gasteiger partial charge in [0.05, 0.1) is 19.8 Å². The first-order valence-corrected chi connectivity index (χ1v) is 6.64. The number of hydrogen-bond acceptors (Lipinski definition) is 2. The van der Waals surface area contributed by atoms with Crippen molar-refractivity contribution in [2.24, 2.45) is 0 Å². The molecule has 3 N–H and O–H groups in total. The van der Waals surface area contributed by atoms with E-state index in [2.05, 4.69) is 19.4 Å². The molecule has 0 amide bonds.